The molecule has 5 nitrogen and oxygen atoms in total. The van der Waals surface area contributed by atoms with Crippen LogP contribution in [-0.4, -0.2) is 29.7 Å². The summed E-state index contributed by atoms with van der Waals surface area (Å²) < 4.78 is 0. The molecule has 2 aliphatic rings. The Morgan fingerprint density at radius 3 is 2.54 bits per heavy atom. The number of carbonyl (C=O) groups excluding carboxylic acids is 2. The Hall–Kier alpha value is -1.86. The summed E-state index contributed by atoms with van der Waals surface area (Å²) in [5, 5.41) is 5.60. The summed E-state index contributed by atoms with van der Waals surface area (Å²) in [6.45, 7) is 0. The van der Waals surface area contributed by atoms with Crippen LogP contribution in [0.25, 0.3) is 0 Å². The third-order valence-corrected chi connectivity index (χ3v) is 6.00. The summed E-state index contributed by atoms with van der Waals surface area (Å²) in [5.74, 6) is -0.112. The zero-order valence-electron chi connectivity index (χ0n) is 13.9. The first-order valence-corrected chi connectivity index (χ1v) is 9.80. The van der Waals surface area contributed by atoms with Crippen LogP contribution in [0.2, 0.25) is 5.02 Å². The molecule has 0 radical (unpaired) electrons. The van der Waals surface area contributed by atoms with Crippen LogP contribution in [0.5, 0.6) is 0 Å². The fourth-order valence-corrected chi connectivity index (χ4v) is 4.37. The summed E-state index contributed by atoms with van der Waals surface area (Å²) in [6, 6.07) is 17.0. The van der Waals surface area contributed by atoms with Gasteiger partial charge >= 0.3 is 0 Å². The number of ketones is 1. The van der Waals surface area contributed by atoms with E-state index in [1.54, 1.807) is 11.8 Å². The van der Waals surface area contributed by atoms with Crippen LogP contribution in [0.1, 0.15) is 6.42 Å². The number of halogens is 1. The fourth-order valence-electron chi connectivity index (χ4n) is 3.31. The Morgan fingerprint density at radius 1 is 1.08 bits per heavy atom. The van der Waals surface area contributed by atoms with Crippen LogP contribution in [0.15, 0.2) is 59.5 Å². The van der Waals surface area contributed by atoms with Gasteiger partial charge in [0, 0.05) is 28.1 Å². The summed E-state index contributed by atoms with van der Waals surface area (Å²) in [4.78, 5) is 26.3. The van der Waals surface area contributed by atoms with Crippen molar-refractivity contribution in [2.24, 2.45) is 5.92 Å². The molecule has 0 aromatic heterocycles. The summed E-state index contributed by atoms with van der Waals surface area (Å²) >= 11 is 7.58. The van der Waals surface area contributed by atoms with Gasteiger partial charge in [0.05, 0.1) is 11.9 Å². The van der Waals surface area contributed by atoms with Crippen molar-refractivity contribution in [3.8, 4) is 0 Å². The smallest absolute Gasteiger partial charge is 0.255 e. The van der Waals surface area contributed by atoms with E-state index in [0.29, 0.717) is 11.4 Å². The lowest BCUT2D eigenvalue weighted by molar-refractivity contribution is -0.133. The molecule has 26 heavy (non-hydrogen) atoms. The van der Waals surface area contributed by atoms with E-state index in [4.69, 9.17) is 11.6 Å². The Morgan fingerprint density at radius 2 is 1.81 bits per heavy atom. The Kier molecular flexibility index (Phi) is 5.00. The van der Waals surface area contributed by atoms with Crippen LogP contribution in [0.4, 0.5) is 5.69 Å². The second-order valence-electron chi connectivity index (χ2n) is 6.39. The lowest BCUT2D eigenvalue weighted by Crippen LogP contribution is -2.56. The van der Waals surface area contributed by atoms with Crippen LogP contribution >= 0.6 is 23.4 Å². The number of hydrogen-bond donors (Lipinski definition) is 2. The van der Waals surface area contributed by atoms with Gasteiger partial charge < -0.3 is 0 Å². The molecule has 2 fully saturated rings. The minimum absolute atomic E-state index is 0.00797. The Labute approximate surface area is 161 Å². The Bertz CT molecular complexity index is 815. The molecule has 2 aliphatic heterocycles. The highest BCUT2D eigenvalue weighted by Crippen LogP contribution is 2.29. The van der Waals surface area contributed by atoms with Crippen molar-refractivity contribution in [3.63, 3.8) is 0 Å². The van der Waals surface area contributed by atoms with E-state index >= 15 is 0 Å². The molecule has 0 bridgehead atoms. The summed E-state index contributed by atoms with van der Waals surface area (Å²) in [5.41, 5.74) is 3.89. The van der Waals surface area contributed by atoms with E-state index in [0.717, 1.165) is 16.3 Å². The van der Waals surface area contributed by atoms with Gasteiger partial charge in [0.15, 0.2) is 0 Å². The second-order valence-corrected chi connectivity index (χ2v) is 7.92. The standard InChI is InChI=1S/C19H18ClN3O2S/c20-12-6-8-15(9-7-12)26-11-13-10-16(24)17-18(21-13)22-23(19(17)25)14-4-2-1-3-5-14/h1-9,13,17-18,21-22H,10-11H2. The van der Waals surface area contributed by atoms with Gasteiger partial charge in [-0.1, -0.05) is 29.8 Å². The molecule has 2 N–H and O–H groups in total. The van der Waals surface area contributed by atoms with Crippen molar-refractivity contribution < 1.29 is 9.59 Å². The number of nitrogens with zero attached hydrogens (tertiary/aromatic N) is 1. The zero-order chi connectivity index (χ0) is 18.1. The van der Waals surface area contributed by atoms with Crippen LogP contribution in [-0.2, 0) is 9.59 Å². The summed E-state index contributed by atoms with van der Waals surface area (Å²) in [6.07, 6.45) is -0.00239. The van der Waals surface area contributed by atoms with Gasteiger partial charge in [-0.25, -0.2) is 10.4 Å². The van der Waals surface area contributed by atoms with Gasteiger partial charge in [-0.05, 0) is 36.4 Å². The van der Waals surface area contributed by atoms with Gasteiger partial charge in [0.1, 0.15) is 11.7 Å². The molecule has 7 heteroatoms. The van der Waals surface area contributed by atoms with Crippen molar-refractivity contribution >= 4 is 40.7 Å². The molecule has 0 aliphatic carbocycles. The van der Waals surface area contributed by atoms with Crippen molar-refractivity contribution in [3.05, 3.63) is 59.6 Å². The largest absolute Gasteiger partial charge is 0.299 e. The molecule has 2 aromatic carbocycles. The average molecular weight is 388 g/mol. The van der Waals surface area contributed by atoms with Gasteiger partial charge in [0.25, 0.3) is 5.91 Å². The minimum Gasteiger partial charge on any atom is -0.299 e. The minimum atomic E-state index is -0.660. The van der Waals surface area contributed by atoms with Crippen molar-refractivity contribution in [2.45, 2.75) is 23.5 Å². The number of Topliss-reactive ketones (excluding diaryl/α,β-unsaturated/α-hetero) is 1. The molecule has 2 heterocycles. The van der Waals surface area contributed by atoms with Crippen molar-refractivity contribution in [2.75, 3.05) is 10.8 Å². The number of hydrazine groups is 1. The quantitative estimate of drug-likeness (QED) is 0.624. The number of fused-ring (bicyclic) bond motifs is 1. The number of rotatable bonds is 4. The molecule has 1 amide bonds. The van der Waals surface area contributed by atoms with Crippen LogP contribution < -0.4 is 15.8 Å². The maximum absolute atomic E-state index is 12.7. The first-order valence-electron chi connectivity index (χ1n) is 8.44. The number of carbonyl (C=O) groups is 2. The third-order valence-electron chi connectivity index (χ3n) is 4.58. The third kappa shape index (κ3) is 3.50. The second kappa shape index (κ2) is 7.40. The molecule has 0 saturated carbocycles. The number of nitrogens with one attached hydrogen (secondary N) is 2. The van der Waals surface area contributed by atoms with Gasteiger partial charge in [-0.2, -0.15) is 0 Å². The number of anilines is 1. The molecular formula is C19H18ClN3O2S. The zero-order valence-corrected chi connectivity index (χ0v) is 15.5. The number of benzene rings is 2. The number of thioether (sulfide) groups is 1. The normalized spacial score (nSPS) is 25.4. The SMILES string of the molecule is O=C1CC(CSc2ccc(Cl)cc2)NC2NN(c3ccccc3)C(=O)C12. The van der Waals surface area contributed by atoms with Gasteiger partial charge in [-0.15, -0.1) is 11.8 Å². The van der Waals surface area contributed by atoms with E-state index < -0.39 is 5.92 Å². The van der Waals surface area contributed by atoms with Gasteiger partial charge in [0.2, 0.25) is 0 Å². The fraction of sp³-hybridized carbons (Fsp3) is 0.263. The number of para-hydroxylation sites is 1. The molecule has 3 atom stereocenters. The monoisotopic (exact) mass is 387 g/mol. The van der Waals surface area contributed by atoms with Gasteiger partial charge in [-0.3, -0.25) is 14.9 Å². The lowest BCUT2D eigenvalue weighted by atomic mass is 9.91. The van der Waals surface area contributed by atoms with E-state index in [1.165, 1.54) is 5.01 Å². The van der Waals surface area contributed by atoms with E-state index in [2.05, 4.69) is 10.7 Å². The van der Waals surface area contributed by atoms with Crippen molar-refractivity contribution in [1.29, 1.82) is 0 Å². The number of hydrogen-bond acceptors (Lipinski definition) is 5. The molecule has 2 aromatic rings. The molecule has 2 saturated heterocycles. The number of piperidine rings is 1. The highest BCUT2D eigenvalue weighted by atomic mass is 35.5. The van der Waals surface area contributed by atoms with E-state index in [9.17, 15) is 9.59 Å². The van der Waals surface area contributed by atoms with E-state index in [-0.39, 0.29) is 23.9 Å². The highest BCUT2D eigenvalue weighted by molar-refractivity contribution is 7.99. The van der Waals surface area contributed by atoms with Crippen LogP contribution in [0.3, 0.4) is 0 Å². The maximum Gasteiger partial charge on any atom is 0.255 e. The topological polar surface area (TPSA) is 61.4 Å². The average Bonchev–Trinajstić information content (AvgIpc) is 2.99. The first kappa shape index (κ1) is 17.5. The highest BCUT2D eigenvalue weighted by Gasteiger charge is 2.49. The van der Waals surface area contributed by atoms with E-state index in [1.807, 2.05) is 54.6 Å². The van der Waals surface area contributed by atoms with Crippen molar-refractivity contribution in [1.82, 2.24) is 10.7 Å². The molecule has 3 unspecified atom stereocenters. The number of amides is 1. The first-order chi connectivity index (χ1) is 12.6. The molecular weight excluding hydrogens is 370 g/mol. The predicted molar refractivity (Wildman–Crippen MR) is 103 cm³/mol. The van der Waals surface area contributed by atoms with Crippen LogP contribution in [0, 0.1) is 5.92 Å². The molecule has 134 valence electrons. The lowest BCUT2D eigenvalue weighted by Gasteiger charge is -2.30. The molecule has 4 rings (SSSR count). The molecule has 0 spiro atoms. The summed E-state index contributed by atoms with van der Waals surface area (Å²) in [7, 11) is 0. The Balaban J connectivity index is 1.42. The predicted octanol–water partition coefficient (Wildman–Crippen LogP) is 2.86. The maximum atomic E-state index is 12.7.